The highest BCUT2D eigenvalue weighted by Crippen LogP contribution is 2.34. The zero-order chi connectivity index (χ0) is 14.7. The van der Waals surface area contributed by atoms with Crippen LogP contribution in [0.5, 0.6) is 11.5 Å². The molecule has 2 heterocycles. The van der Waals surface area contributed by atoms with Gasteiger partial charge in [0.05, 0.1) is 6.61 Å². The van der Waals surface area contributed by atoms with Crippen LogP contribution in [0.15, 0.2) is 18.2 Å². The second-order valence-corrected chi connectivity index (χ2v) is 5.56. The van der Waals surface area contributed by atoms with Crippen molar-refractivity contribution in [3.05, 3.63) is 23.8 Å². The van der Waals surface area contributed by atoms with Gasteiger partial charge >= 0.3 is 0 Å². The summed E-state index contributed by atoms with van der Waals surface area (Å²) >= 11 is 0. The lowest BCUT2D eigenvalue weighted by Gasteiger charge is -2.35. The molecule has 2 aliphatic heterocycles. The Morgan fingerprint density at radius 1 is 1.24 bits per heavy atom. The van der Waals surface area contributed by atoms with E-state index >= 15 is 0 Å². The monoisotopic (exact) mass is 293 g/mol. The van der Waals surface area contributed by atoms with Crippen molar-refractivity contribution in [3.63, 3.8) is 0 Å². The first-order valence-electron chi connectivity index (χ1n) is 7.69. The summed E-state index contributed by atoms with van der Waals surface area (Å²) in [6, 6.07) is 5.61. The van der Waals surface area contributed by atoms with Crippen molar-refractivity contribution >= 4 is 0 Å². The summed E-state index contributed by atoms with van der Waals surface area (Å²) in [4.78, 5) is 2.34. The normalized spacial score (nSPS) is 23.8. The van der Waals surface area contributed by atoms with Crippen LogP contribution in [0.25, 0.3) is 0 Å². The van der Waals surface area contributed by atoms with Crippen LogP contribution in [0.4, 0.5) is 0 Å². The van der Waals surface area contributed by atoms with Gasteiger partial charge in [0, 0.05) is 13.1 Å². The van der Waals surface area contributed by atoms with E-state index < -0.39 is 6.10 Å². The molecule has 5 heteroatoms. The largest absolute Gasteiger partial charge is 0.486 e. The molecule has 0 aromatic heterocycles. The number of ether oxygens (including phenoxy) is 3. The Balaban J connectivity index is 1.70. The smallest absolute Gasteiger partial charge is 0.161 e. The molecule has 21 heavy (non-hydrogen) atoms. The number of nitrogens with zero attached hydrogens (tertiary/aromatic N) is 1. The predicted molar refractivity (Wildman–Crippen MR) is 78.9 cm³/mol. The Labute approximate surface area is 125 Å². The van der Waals surface area contributed by atoms with E-state index in [9.17, 15) is 5.11 Å². The number of fused-ring (bicyclic) bond motifs is 1. The molecule has 3 rings (SSSR count). The van der Waals surface area contributed by atoms with E-state index in [-0.39, 0.29) is 6.10 Å². The summed E-state index contributed by atoms with van der Waals surface area (Å²) in [5, 5.41) is 10.6. The van der Waals surface area contributed by atoms with Gasteiger partial charge in [-0.15, -0.1) is 0 Å². The maximum Gasteiger partial charge on any atom is 0.161 e. The predicted octanol–water partition coefficient (Wildman–Crippen LogP) is 1.60. The third kappa shape index (κ3) is 3.31. The van der Waals surface area contributed by atoms with Crippen molar-refractivity contribution in [1.29, 1.82) is 0 Å². The molecule has 0 bridgehead atoms. The molecular weight excluding hydrogens is 270 g/mol. The number of rotatable bonds is 4. The van der Waals surface area contributed by atoms with Gasteiger partial charge in [-0.05, 0) is 30.7 Å². The van der Waals surface area contributed by atoms with E-state index in [1.807, 2.05) is 18.2 Å². The Bertz CT molecular complexity index is 477. The number of hydrogen-bond acceptors (Lipinski definition) is 5. The van der Waals surface area contributed by atoms with Crippen LogP contribution in [0.1, 0.15) is 25.0 Å². The van der Waals surface area contributed by atoms with Gasteiger partial charge in [-0.25, -0.2) is 0 Å². The number of benzene rings is 1. The number of aliphatic hydroxyl groups is 1. The minimum Gasteiger partial charge on any atom is -0.486 e. The van der Waals surface area contributed by atoms with Crippen LogP contribution in [-0.2, 0) is 4.74 Å². The summed E-state index contributed by atoms with van der Waals surface area (Å²) in [7, 11) is 0. The third-order valence-electron chi connectivity index (χ3n) is 3.98. The van der Waals surface area contributed by atoms with Crippen LogP contribution in [-0.4, -0.2) is 55.6 Å². The lowest BCUT2D eigenvalue weighted by molar-refractivity contribution is -0.0899. The minimum atomic E-state index is -0.638. The maximum atomic E-state index is 10.6. The zero-order valence-electron chi connectivity index (χ0n) is 12.5. The van der Waals surface area contributed by atoms with Gasteiger partial charge in [0.1, 0.15) is 25.4 Å². The van der Waals surface area contributed by atoms with Crippen LogP contribution >= 0.6 is 0 Å². The molecule has 0 aliphatic carbocycles. The average molecular weight is 293 g/mol. The van der Waals surface area contributed by atoms with Crippen molar-refractivity contribution in [3.8, 4) is 11.5 Å². The molecule has 1 aromatic carbocycles. The Morgan fingerprint density at radius 2 is 2.05 bits per heavy atom. The molecule has 0 radical (unpaired) electrons. The summed E-state index contributed by atoms with van der Waals surface area (Å²) in [6.07, 6.45) is 0.292. The molecule has 1 aromatic rings. The molecule has 1 fully saturated rings. The van der Waals surface area contributed by atoms with E-state index in [2.05, 4.69) is 11.8 Å². The number of hydrogen-bond donors (Lipinski definition) is 1. The Hall–Kier alpha value is -1.30. The molecule has 2 atom stereocenters. The first-order chi connectivity index (χ1) is 10.3. The Morgan fingerprint density at radius 3 is 2.86 bits per heavy atom. The molecule has 0 spiro atoms. The SMILES string of the molecule is CCCN1CCOC(C(O)c2ccc3c(c2)OCCO3)C1. The summed E-state index contributed by atoms with van der Waals surface area (Å²) in [5.74, 6) is 1.45. The molecule has 5 nitrogen and oxygen atoms in total. The standard InChI is InChI=1S/C16H23NO4/c1-2-5-17-6-7-19-15(11-17)16(18)12-3-4-13-14(10-12)21-9-8-20-13/h3-4,10,15-16,18H,2,5-9,11H2,1H3. The van der Waals surface area contributed by atoms with Crippen LogP contribution in [0.2, 0.25) is 0 Å². The molecule has 1 saturated heterocycles. The molecule has 116 valence electrons. The minimum absolute atomic E-state index is 0.187. The lowest BCUT2D eigenvalue weighted by atomic mass is 10.0. The summed E-state index contributed by atoms with van der Waals surface area (Å²) < 4.78 is 16.8. The van der Waals surface area contributed by atoms with Crippen molar-refractivity contribution in [1.82, 2.24) is 4.90 Å². The highest BCUT2D eigenvalue weighted by atomic mass is 16.6. The molecule has 2 aliphatic rings. The topological polar surface area (TPSA) is 51.2 Å². The second kappa shape index (κ2) is 6.64. The second-order valence-electron chi connectivity index (χ2n) is 5.56. The molecule has 2 unspecified atom stereocenters. The number of morpholine rings is 1. The van der Waals surface area contributed by atoms with Crippen molar-refractivity contribution in [2.45, 2.75) is 25.6 Å². The highest BCUT2D eigenvalue weighted by Gasteiger charge is 2.28. The van der Waals surface area contributed by atoms with E-state index in [1.165, 1.54) is 0 Å². The van der Waals surface area contributed by atoms with Crippen LogP contribution < -0.4 is 9.47 Å². The fourth-order valence-corrected chi connectivity index (χ4v) is 2.90. The van der Waals surface area contributed by atoms with Gasteiger partial charge in [0.2, 0.25) is 0 Å². The zero-order valence-corrected chi connectivity index (χ0v) is 12.5. The highest BCUT2D eigenvalue weighted by molar-refractivity contribution is 5.44. The molecule has 0 saturated carbocycles. The van der Waals surface area contributed by atoms with Gasteiger partial charge in [-0.3, -0.25) is 4.90 Å². The molecule has 0 amide bonds. The van der Waals surface area contributed by atoms with E-state index in [1.54, 1.807) is 0 Å². The van der Waals surface area contributed by atoms with E-state index in [4.69, 9.17) is 14.2 Å². The van der Waals surface area contributed by atoms with Gasteiger partial charge in [0.15, 0.2) is 11.5 Å². The molecule has 1 N–H and O–H groups in total. The van der Waals surface area contributed by atoms with E-state index in [0.29, 0.717) is 25.6 Å². The van der Waals surface area contributed by atoms with Gasteiger partial charge in [-0.2, -0.15) is 0 Å². The third-order valence-corrected chi connectivity index (χ3v) is 3.98. The van der Waals surface area contributed by atoms with Crippen molar-refractivity contribution in [2.24, 2.45) is 0 Å². The summed E-state index contributed by atoms with van der Waals surface area (Å²) in [6.45, 7) is 6.73. The quantitative estimate of drug-likeness (QED) is 0.914. The van der Waals surface area contributed by atoms with Gasteiger partial charge in [0.25, 0.3) is 0 Å². The van der Waals surface area contributed by atoms with Crippen molar-refractivity contribution < 1.29 is 19.3 Å². The number of aliphatic hydroxyl groups excluding tert-OH is 1. The van der Waals surface area contributed by atoms with Gasteiger partial charge < -0.3 is 19.3 Å². The Kier molecular flexibility index (Phi) is 4.63. The van der Waals surface area contributed by atoms with E-state index in [0.717, 1.165) is 37.4 Å². The van der Waals surface area contributed by atoms with Crippen LogP contribution in [0.3, 0.4) is 0 Å². The van der Waals surface area contributed by atoms with Crippen molar-refractivity contribution in [2.75, 3.05) is 39.5 Å². The first-order valence-corrected chi connectivity index (χ1v) is 7.69. The fourth-order valence-electron chi connectivity index (χ4n) is 2.90. The van der Waals surface area contributed by atoms with Gasteiger partial charge in [-0.1, -0.05) is 13.0 Å². The first kappa shape index (κ1) is 14.6. The maximum absolute atomic E-state index is 10.6. The fraction of sp³-hybridized carbons (Fsp3) is 0.625. The molecular formula is C16H23NO4. The average Bonchev–Trinajstić information content (AvgIpc) is 2.54. The lowest BCUT2D eigenvalue weighted by Crippen LogP contribution is -2.45. The van der Waals surface area contributed by atoms with Crippen LogP contribution in [0, 0.1) is 0 Å². The summed E-state index contributed by atoms with van der Waals surface area (Å²) in [5.41, 5.74) is 0.822.